The third kappa shape index (κ3) is 1.73. The maximum absolute atomic E-state index is 9.12. The molecule has 1 heteroatoms. The van der Waals surface area contributed by atoms with Crippen molar-refractivity contribution >= 4 is 0 Å². The van der Waals surface area contributed by atoms with Crippen LogP contribution in [0.2, 0.25) is 0 Å². The molecule has 1 aliphatic rings. The van der Waals surface area contributed by atoms with E-state index in [9.17, 15) is 0 Å². The first-order valence-electron chi connectivity index (χ1n) is 3.47. The summed E-state index contributed by atoms with van der Waals surface area (Å²) in [5, 5.41) is 9.12. The summed E-state index contributed by atoms with van der Waals surface area (Å²) in [7, 11) is 0. The van der Waals surface area contributed by atoms with Gasteiger partial charge in [-0.3, -0.25) is 0 Å². The molecule has 2 atom stereocenters. The van der Waals surface area contributed by atoms with E-state index in [-0.39, 0.29) is 6.10 Å². The van der Waals surface area contributed by atoms with Gasteiger partial charge in [-0.25, -0.2) is 0 Å². The smallest absolute Gasteiger partial charge is 0.0552 e. The second-order valence-corrected chi connectivity index (χ2v) is 2.68. The molecule has 1 aliphatic carbocycles. The van der Waals surface area contributed by atoms with Crippen LogP contribution in [0.4, 0.5) is 0 Å². The Morgan fingerprint density at radius 2 is 2.22 bits per heavy atom. The summed E-state index contributed by atoms with van der Waals surface area (Å²) < 4.78 is 0. The zero-order valence-corrected chi connectivity index (χ0v) is 5.51. The zero-order valence-electron chi connectivity index (χ0n) is 5.51. The van der Waals surface area contributed by atoms with Gasteiger partial charge >= 0.3 is 0 Å². The Hall–Kier alpha value is -0.480. The van der Waals surface area contributed by atoms with Gasteiger partial charge in [0.15, 0.2) is 0 Å². The van der Waals surface area contributed by atoms with Crippen molar-refractivity contribution in [1.82, 2.24) is 0 Å². The van der Waals surface area contributed by atoms with E-state index >= 15 is 0 Å². The molecule has 1 fully saturated rings. The molecule has 0 spiro atoms. The molecule has 9 heavy (non-hydrogen) atoms. The molecule has 0 heterocycles. The molecular formula is C8H12O. The third-order valence-corrected chi connectivity index (χ3v) is 1.88. The minimum Gasteiger partial charge on any atom is -0.393 e. The maximum Gasteiger partial charge on any atom is 0.0552 e. The van der Waals surface area contributed by atoms with Crippen molar-refractivity contribution in [2.75, 3.05) is 0 Å². The van der Waals surface area contributed by atoms with Gasteiger partial charge < -0.3 is 5.11 Å². The first kappa shape index (κ1) is 6.64. The predicted molar refractivity (Wildman–Crippen MR) is 36.8 cm³/mol. The van der Waals surface area contributed by atoms with E-state index in [1.54, 1.807) is 0 Å². The second kappa shape index (κ2) is 2.89. The molecule has 1 N–H and O–H groups in total. The van der Waals surface area contributed by atoms with Crippen LogP contribution < -0.4 is 0 Å². The van der Waals surface area contributed by atoms with Crippen LogP contribution in [-0.4, -0.2) is 11.2 Å². The number of hydrogen-bond acceptors (Lipinski definition) is 1. The quantitative estimate of drug-likeness (QED) is 0.481. The first-order valence-corrected chi connectivity index (χ1v) is 3.47. The van der Waals surface area contributed by atoms with Crippen molar-refractivity contribution in [1.29, 1.82) is 0 Å². The minimum atomic E-state index is -0.125. The Bertz CT molecular complexity index is 123. The highest BCUT2D eigenvalue weighted by atomic mass is 16.3. The van der Waals surface area contributed by atoms with Crippen molar-refractivity contribution in [2.24, 2.45) is 5.92 Å². The lowest BCUT2D eigenvalue weighted by Crippen LogP contribution is -2.17. The van der Waals surface area contributed by atoms with Crippen LogP contribution in [0, 0.1) is 18.3 Å². The topological polar surface area (TPSA) is 20.2 Å². The van der Waals surface area contributed by atoms with Gasteiger partial charge in [-0.05, 0) is 25.7 Å². The summed E-state index contributed by atoms with van der Waals surface area (Å²) in [4.78, 5) is 0. The van der Waals surface area contributed by atoms with Gasteiger partial charge in [0.25, 0.3) is 0 Å². The number of rotatable bonds is 0. The Morgan fingerprint density at radius 1 is 1.44 bits per heavy atom. The number of aliphatic hydroxyl groups is 1. The lowest BCUT2D eigenvalue weighted by molar-refractivity contribution is 0.115. The normalized spacial score (nSPS) is 35.6. The molecule has 0 aliphatic heterocycles. The summed E-state index contributed by atoms with van der Waals surface area (Å²) in [5.41, 5.74) is 0. The lowest BCUT2D eigenvalue weighted by Gasteiger charge is -2.21. The molecule has 1 nitrogen and oxygen atoms in total. The monoisotopic (exact) mass is 124 g/mol. The van der Waals surface area contributed by atoms with Crippen LogP contribution in [0.1, 0.15) is 25.7 Å². The highest BCUT2D eigenvalue weighted by Crippen LogP contribution is 2.22. The predicted octanol–water partition coefficient (Wildman–Crippen LogP) is 1.17. The molecule has 0 aromatic rings. The molecule has 1 rings (SSSR count). The van der Waals surface area contributed by atoms with Gasteiger partial charge in [0.1, 0.15) is 0 Å². The average molecular weight is 124 g/mol. The van der Waals surface area contributed by atoms with Crippen LogP contribution in [-0.2, 0) is 0 Å². The van der Waals surface area contributed by atoms with Crippen molar-refractivity contribution in [2.45, 2.75) is 31.8 Å². The van der Waals surface area contributed by atoms with Gasteiger partial charge in [-0.1, -0.05) is 0 Å². The molecule has 0 bridgehead atoms. The van der Waals surface area contributed by atoms with E-state index in [1.165, 1.54) is 0 Å². The summed E-state index contributed by atoms with van der Waals surface area (Å²) >= 11 is 0. The van der Waals surface area contributed by atoms with E-state index in [4.69, 9.17) is 11.5 Å². The molecule has 0 aromatic carbocycles. The molecule has 0 aromatic heterocycles. The molecule has 0 radical (unpaired) electrons. The van der Waals surface area contributed by atoms with Crippen molar-refractivity contribution in [3.05, 3.63) is 0 Å². The Kier molecular flexibility index (Phi) is 2.13. The summed E-state index contributed by atoms with van der Waals surface area (Å²) in [6.45, 7) is 0. The van der Waals surface area contributed by atoms with Crippen molar-refractivity contribution in [3.63, 3.8) is 0 Å². The Balaban J connectivity index is 2.34. The summed E-state index contributed by atoms with van der Waals surface area (Å²) in [6.07, 6.45) is 9.04. The standard InChI is InChI=1S/C8H12O/c1-2-7-4-3-5-8(9)6-7/h1,7-9H,3-6H2/t7-,8+/m0/s1. The second-order valence-electron chi connectivity index (χ2n) is 2.68. The van der Waals surface area contributed by atoms with E-state index < -0.39 is 0 Å². The third-order valence-electron chi connectivity index (χ3n) is 1.88. The minimum absolute atomic E-state index is 0.125. The molecule has 0 saturated heterocycles. The highest BCUT2D eigenvalue weighted by molar-refractivity contribution is 4.95. The fourth-order valence-electron chi connectivity index (χ4n) is 1.32. The number of terminal acetylenes is 1. The van der Waals surface area contributed by atoms with Crippen LogP contribution >= 0.6 is 0 Å². The molecule has 0 unspecified atom stereocenters. The van der Waals surface area contributed by atoms with Crippen LogP contribution in [0.15, 0.2) is 0 Å². The fraction of sp³-hybridized carbons (Fsp3) is 0.750. The number of aliphatic hydroxyl groups excluding tert-OH is 1. The van der Waals surface area contributed by atoms with Gasteiger partial charge in [-0.2, -0.15) is 0 Å². The highest BCUT2D eigenvalue weighted by Gasteiger charge is 2.17. The van der Waals surface area contributed by atoms with Gasteiger partial charge in [0.05, 0.1) is 6.10 Å². The first-order chi connectivity index (χ1) is 4.33. The van der Waals surface area contributed by atoms with Gasteiger partial charge in [0.2, 0.25) is 0 Å². The molecule has 0 amide bonds. The summed E-state index contributed by atoms with van der Waals surface area (Å²) in [5.74, 6) is 3.02. The Labute approximate surface area is 56.1 Å². The van der Waals surface area contributed by atoms with Crippen molar-refractivity contribution in [3.8, 4) is 12.3 Å². The van der Waals surface area contributed by atoms with E-state index in [0.29, 0.717) is 5.92 Å². The van der Waals surface area contributed by atoms with Crippen LogP contribution in [0.5, 0.6) is 0 Å². The van der Waals surface area contributed by atoms with Crippen LogP contribution in [0.3, 0.4) is 0 Å². The zero-order chi connectivity index (χ0) is 6.69. The molecule has 50 valence electrons. The van der Waals surface area contributed by atoms with E-state index in [0.717, 1.165) is 25.7 Å². The maximum atomic E-state index is 9.12. The van der Waals surface area contributed by atoms with E-state index in [2.05, 4.69) is 5.92 Å². The molecule has 1 saturated carbocycles. The summed E-state index contributed by atoms with van der Waals surface area (Å²) in [6, 6.07) is 0. The Morgan fingerprint density at radius 3 is 2.67 bits per heavy atom. The largest absolute Gasteiger partial charge is 0.393 e. The fourth-order valence-corrected chi connectivity index (χ4v) is 1.32. The molecular weight excluding hydrogens is 112 g/mol. The lowest BCUT2D eigenvalue weighted by atomic mass is 9.88. The van der Waals surface area contributed by atoms with Crippen molar-refractivity contribution < 1.29 is 5.11 Å². The number of hydrogen-bond donors (Lipinski definition) is 1. The van der Waals surface area contributed by atoms with Gasteiger partial charge in [-0.15, -0.1) is 12.3 Å². The SMILES string of the molecule is C#C[C@H]1CCC[C@@H](O)C1. The average Bonchev–Trinajstić information content (AvgIpc) is 1.88. The van der Waals surface area contributed by atoms with Gasteiger partial charge in [0, 0.05) is 5.92 Å². The van der Waals surface area contributed by atoms with E-state index in [1.807, 2.05) is 0 Å². The van der Waals surface area contributed by atoms with Crippen LogP contribution in [0.25, 0.3) is 0 Å².